The summed E-state index contributed by atoms with van der Waals surface area (Å²) in [6.07, 6.45) is 0. The number of hydrogen-bond acceptors (Lipinski definition) is 2. The van der Waals surface area contributed by atoms with Crippen molar-refractivity contribution in [2.75, 3.05) is 0 Å². The van der Waals surface area contributed by atoms with Crippen molar-refractivity contribution >= 4 is 26.1 Å². The van der Waals surface area contributed by atoms with Gasteiger partial charge in [0.1, 0.15) is 0 Å². The third-order valence-corrected chi connectivity index (χ3v) is 7.25. The average Bonchev–Trinajstić information content (AvgIpc) is 2.55. The topological polar surface area (TPSA) is 21.6 Å². The van der Waals surface area contributed by atoms with Crippen molar-refractivity contribution in [3.05, 3.63) is 66.2 Å². The maximum absolute atomic E-state index is 6.55. The normalized spacial score (nSPS) is 11.8. The first-order valence-corrected chi connectivity index (χ1v) is 11.0. The molecule has 0 spiro atoms. The average molecular weight is 337 g/mol. The fourth-order valence-corrected chi connectivity index (χ4v) is 5.75. The van der Waals surface area contributed by atoms with Gasteiger partial charge in [-0.3, -0.25) is 0 Å². The first kappa shape index (κ1) is 18.8. The number of nitrogens with zero attached hydrogens (tertiary/aromatic N) is 1. The van der Waals surface area contributed by atoms with Crippen molar-refractivity contribution in [2.24, 2.45) is 16.8 Å². The van der Waals surface area contributed by atoms with Crippen molar-refractivity contribution in [3.63, 3.8) is 0 Å². The molecule has 0 radical (unpaired) electrons. The molecule has 126 valence electrons. The lowest BCUT2D eigenvalue weighted by Gasteiger charge is -2.20. The van der Waals surface area contributed by atoms with Crippen molar-refractivity contribution in [2.45, 2.75) is 38.3 Å². The molecular formula is C21H28AlNO. The van der Waals surface area contributed by atoms with Crippen LogP contribution in [-0.2, 0) is 3.79 Å². The monoisotopic (exact) mass is 337 g/mol. The molecule has 0 atom stereocenters. The van der Waals surface area contributed by atoms with E-state index in [1.807, 2.05) is 48.5 Å². The second-order valence-corrected chi connectivity index (χ2v) is 9.54. The van der Waals surface area contributed by atoms with Crippen molar-refractivity contribution in [1.82, 2.24) is 0 Å². The van der Waals surface area contributed by atoms with E-state index in [0.717, 1.165) is 17.1 Å². The van der Waals surface area contributed by atoms with E-state index in [2.05, 4.69) is 39.8 Å². The highest BCUT2D eigenvalue weighted by atomic mass is 27.2. The Morgan fingerprint density at radius 1 is 0.833 bits per heavy atom. The van der Waals surface area contributed by atoms with Crippen LogP contribution in [0.15, 0.2) is 65.7 Å². The van der Waals surface area contributed by atoms with Crippen LogP contribution in [0.25, 0.3) is 0 Å². The molecule has 0 heterocycles. The predicted molar refractivity (Wildman–Crippen MR) is 105 cm³/mol. The third kappa shape index (κ3) is 6.51. The first-order valence-electron chi connectivity index (χ1n) is 8.90. The largest absolute Gasteiger partial charge is 0.628 e. The molecule has 0 saturated heterocycles. The Hall–Kier alpha value is -1.56. The van der Waals surface area contributed by atoms with Gasteiger partial charge in [-0.1, -0.05) is 86.5 Å². The van der Waals surface area contributed by atoms with E-state index in [1.54, 1.807) is 0 Å². The molecule has 2 rings (SSSR count). The zero-order valence-corrected chi connectivity index (χ0v) is 16.4. The lowest BCUT2D eigenvalue weighted by molar-refractivity contribution is 0.522. The minimum Gasteiger partial charge on any atom is -0.628 e. The molecule has 0 bridgehead atoms. The van der Waals surface area contributed by atoms with E-state index in [0.29, 0.717) is 11.8 Å². The van der Waals surface area contributed by atoms with Crippen molar-refractivity contribution < 1.29 is 3.79 Å². The van der Waals surface area contributed by atoms with Gasteiger partial charge in [0.15, 0.2) is 5.90 Å². The van der Waals surface area contributed by atoms with E-state index in [1.165, 1.54) is 10.6 Å². The van der Waals surface area contributed by atoms with Gasteiger partial charge in [-0.2, -0.15) is 0 Å². The Morgan fingerprint density at radius 3 is 1.83 bits per heavy atom. The molecule has 0 N–H and O–H groups in total. The van der Waals surface area contributed by atoms with Crippen LogP contribution in [0.3, 0.4) is 0 Å². The smallest absolute Gasteiger partial charge is 0.548 e. The van der Waals surface area contributed by atoms with Crippen LogP contribution >= 0.6 is 0 Å². The number of rotatable bonds is 7. The molecule has 2 aromatic carbocycles. The summed E-state index contributed by atoms with van der Waals surface area (Å²) < 4.78 is 6.55. The quantitative estimate of drug-likeness (QED) is 0.340. The summed E-state index contributed by atoms with van der Waals surface area (Å²) in [4.78, 5) is 4.81. The Labute approximate surface area is 151 Å². The molecular weight excluding hydrogens is 309 g/mol. The van der Waals surface area contributed by atoms with Gasteiger partial charge in [0.05, 0.1) is 5.69 Å². The predicted octanol–water partition coefficient (Wildman–Crippen LogP) is 6.09. The van der Waals surface area contributed by atoms with Crippen LogP contribution in [0.4, 0.5) is 5.69 Å². The summed E-state index contributed by atoms with van der Waals surface area (Å²) in [5, 5.41) is 2.36. The molecule has 0 aliphatic heterocycles. The lowest BCUT2D eigenvalue weighted by Crippen LogP contribution is -2.26. The van der Waals surface area contributed by atoms with Crippen molar-refractivity contribution in [1.29, 1.82) is 0 Å². The molecule has 2 nitrogen and oxygen atoms in total. The summed E-state index contributed by atoms with van der Waals surface area (Å²) in [7, 11) is 0. The van der Waals surface area contributed by atoms with E-state index < -0.39 is 14.5 Å². The van der Waals surface area contributed by atoms with Gasteiger partial charge in [0.25, 0.3) is 0 Å². The van der Waals surface area contributed by atoms with Crippen molar-refractivity contribution in [3.8, 4) is 0 Å². The van der Waals surface area contributed by atoms with Crippen LogP contribution in [0.5, 0.6) is 0 Å². The third-order valence-electron chi connectivity index (χ3n) is 3.75. The highest BCUT2D eigenvalue weighted by Crippen LogP contribution is 2.20. The molecule has 0 aliphatic carbocycles. The fraction of sp³-hybridized carbons (Fsp3) is 0.381. The summed E-state index contributed by atoms with van der Waals surface area (Å²) >= 11 is -1.35. The zero-order chi connectivity index (χ0) is 17.4. The van der Waals surface area contributed by atoms with Crippen LogP contribution in [0.1, 0.15) is 33.3 Å². The molecule has 3 heteroatoms. The Balaban J connectivity index is 2.29. The van der Waals surface area contributed by atoms with Gasteiger partial charge in [0, 0.05) is 5.56 Å². The molecule has 2 aromatic rings. The number of para-hydroxylation sites is 1. The molecule has 0 amide bonds. The second kappa shape index (κ2) is 9.67. The summed E-state index contributed by atoms with van der Waals surface area (Å²) in [6.45, 7) is 9.11. The van der Waals surface area contributed by atoms with Gasteiger partial charge in [-0.05, 0) is 24.3 Å². The number of hydrogen-bond donors (Lipinski definition) is 0. The van der Waals surface area contributed by atoms with Crippen LogP contribution < -0.4 is 0 Å². The Bertz CT molecular complexity index is 613. The molecule has 0 aliphatic rings. The van der Waals surface area contributed by atoms with Gasteiger partial charge < -0.3 is 3.79 Å². The standard InChI is InChI=1S/C13H11NO.2C4H9.Al/c15-13(11-7-3-1-4-8-11)14-12-9-5-2-6-10-12;2*1-4(2)3;/h1-10H,(H,14,15);2*4H,1H2,2-3H3;/q;;;+1/p-1. The number of benzene rings is 2. The molecule has 0 saturated carbocycles. The van der Waals surface area contributed by atoms with E-state index >= 15 is 0 Å². The Morgan fingerprint density at radius 2 is 1.33 bits per heavy atom. The maximum atomic E-state index is 6.55. The summed E-state index contributed by atoms with van der Waals surface area (Å²) in [5.41, 5.74) is 2.00. The molecule has 24 heavy (non-hydrogen) atoms. The zero-order valence-electron chi connectivity index (χ0n) is 15.3. The fourth-order valence-electron chi connectivity index (χ4n) is 2.76. The van der Waals surface area contributed by atoms with Crippen LogP contribution in [0.2, 0.25) is 10.6 Å². The van der Waals surface area contributed by atoms with Crippen LogP contribution in [-0.4, -0.2) is 20.4 Å². The number of aliphatic imine (C=N–C) groups is 1. The molecule has 0 unspecified atom stereocenters. The highest BCUT2D eigenvalue weighted by molar-refractivity contribution is 6.54. The molecule has 0 fully saturated rings. The lowest BCUT2D eigenvalue weighted by atomic mass is 10.2. The second-order valence-electron chi connectivity index (χ2n) is 7.12. The molecule has 0 aromatic heterocycles. The van der Waals surface area contributed by atoms with E-state index in [-0.39, 0.29) is 0 Å². The van der Waals surface area contributed by atoms with Crippen LogP contribution in [0, 0.1) is 11.8 Å². The first-order chi connectivity index (χ1) is 11.5. The van der Waals surface area contributed by atoms with E-state index in [9.17, 15) is 0 Å². The Kier molecular flexibility index (Phi) is 7.56. The van der Waals surface area contributed by atoms with Gasteiger partial charge in [-0.25, -0.2) is 4.99 Å². The maximum Gasteiger partial charge on any atom is 0.548 e. The summed E-state index contributed by atoms with van der Waals surface area (Å²) in [5.74, 6) is 2.10. The SMILES string of the molecule is CC(C)[CH2][Al]([CH2]C(C)C)[O]C(=Nc1ccccc1)c1ccccc1. The van der Waals surface area contributed by atoms with Gasteiger partial charge in [0.2, 0.25) is 0 Å². The van der Waals surface area contributed by atoms with E-state index in [4.69, 9.17) is 8.78 Å². The minimum absolute atomic E-state index is 0.661. The summed E-state index contributed by atoms with van der Waals surface area (Å²) in [6, 6.07) is 20.4. The van der Waals surface area contributed by atoms with Gasteiger partial charge >= 0.3 is 14.5 Å². The van der Waals surface area contributed by atoms with Gasteiger partial charge in [-0.15, -0.1) is 0 Å². The highest BCUT2D eigenvalue weighted by Gasteiger charge is 2.27. The minimum atomic E-state index is -1.35.